The maximum atomic E-state index is 14.0. The topological polar surface area (TPSA) is 99.1 Å². The van der Waals surface area contributed by atoms with Gasteiger partial charge in [-0.1, -0.05) is 64.7 Å². The first kappa shape index (κ1) is 31.3. The van der Waals surface area contributed by atoms with Gasteiger partial charge in [0, 0.05) is 21.4 Å². The number of para-hydroxylation sites is 1. The van der Waals surface area contributed by atoms with Gasteiger partial charge in [-0.3, -0.25) is 14.5 Å². The number of rotatable bonds is 9. The van der Waals surface area contributed by atoms with Crippen LogP contribution < -0.4 is 10.2 Å². The van der Waals surface area contributed by atoms with Gasteiger partial charge in [0.2, 0.25) is 11.8 Å². The normalized spacial score (nSPS) is 23.3. The summed E-state index contributed by atoms with van der Waals surface area (Å²) in [6, 6.07) is 22.6. The van der Waals surface area contributed by atoms with Crippen molar-refractivity contribution in [3.05, 3.63) is 99.6 Å². The van der Waals surface area contributed by atoms with Crippen LogP contribution in [0.25, 0.3) is 6.08 Å². The quantitative estimate of drug-likeness (QED) is 0.122. The zero-order chi connectivity index (χ0) is 31.7. The van der Waals surface area contributed by atoms with Crippen LogP contribution in [0.15, 0.2) is 94.0 Å². The molecule has 0 radical (unpaired) electrons. The minimum absolute atomic E-state index is 0.174. The number of hydrogen-bond donors (Lipinski definition) is 3. The van der Waals surface area contributed by atoms with E-state index in [4.69, 9.17) is 4.65 Å². The van der Waals surface area contributed by atoms with Gasteiger partial charge < -0.3 is 20.1 Å². The fourth-order valence-corrected chi connectivity index (χ4v) is 7.70. The number of allylic oxidation sites excluding steroid dienone is 2. The van der Waals surface area contributed by atoms with Crippen LogP contribution in [0.3, 0.4) is 0 Å². The highest BCUT2D eigenvalue weighted by Crippen LogP contribution is 2.51. The number of halogens is 1. The summed E-state index contributed by atoms with van der Waals surface area (Å²) in [5.74, 6) is -1.38. The van der Waals surface area contributed by atoms with Gasteiger partial charge in [-0.05, 0) is 105 Å². The van der Waals surface area contributed by atoms with Crippen LogP contribution in [0.4, 0.5) is 17.1 Å². The highest BCUT2D eigenvalue weighted by Gasteiger charge is 2.57. The number of nitrogens with zero attached hydrogens (tertiary/aromatic N) is 1. The molecule has 2 amide bonds. The van der Waals surface area contributed by atoms with Crippen LogP contribution in [0.2, 0.25) is 6.32 Å². The molecule has 0 bridgehead atoms. The number of carbonyl (C=O) groups is 2. The molecule has 0 aromatic heterocycles. The summed E-state index contributed by atoms with van der Waals surface area (Å²) in [5, 5.41) is 24.6. The number of phenolic OH excluding ortho intramolecular Hbond substituents is 1. The second-order valence-electron chi connectivity index (χ2n) is 12.3. The highest BCUT2D eigenvalue weighted by molar-refractivity contribution is 9.10. The fourth-order valence-electron chi connectivity index (χ4n) is 7.32. The third-order valence-electron chi connectivity index (χ3n) is 9.29. The second kappa shape index (κ2) is 13.4. The smallest absolute Gasteiger partial charge is 0.455 e. The maximum absolute atomic E-state index is 14.0. The second-order valence-corrected chi connectivity index (χ2v) is 13.3. The molecule has 232 valence electrons. The largest absolute Gasteiger partial charge is 0.507 e. The molecule has 3 N–H and O–H groups in total. The van der Waals surface area contributed by atoms with E-state index in [1.165, 1.54) is 10.5 Å². The van der Waals surface area contributed by atoms with Crippen molar-refractivity contribution >= 4 is 58.0 Å². The predicted molar refractivity (Wildman–Crippen MR) is 182 cm³/mol. The molecule has 3 aromatic rings. The molecular weight excluding hydrogens is 631 g/mol. The lowest BCUT2D eigenvalue weighted by Gasteiger charge is -2.42. The molecule has 4 atom stereocenters. The molecular formula is C36H38BBrN2O5. The molecule has 0 unspecified atom stereocenters. The Bertz CT molecular complexity index is 1640. The van der Waals surface area contributed by atoms with E-state index >= 15 is 0 Å². The van der Waals surface area contributed by atoms with Gasteiger partial charge in [0.1, 0.15) is 5.75 Å². The number of phenols is 1. The van der Waals surface area contributed by atoms with E-state index in [2.05, 4.69) is 28.2 Å². The zero-order valence-corrected chi connectivity index (χ0v) is 27.2. The van der Waals surface area contributed by atoms with Gasteiger partial charge in [0.05, 0.1) is 23.6 Å². The minimum atomic E-state index is -1.01. The summed E-state index contributed by atoms with van der Waals surface area (Å²) in [6.07, 6.45) is 5.67. The van der Waals surface area contributed by atoms with Gasteiger partial charge in [-0.25, -0.2) is 0 Å². The number of aromatic hydroxyl groups is 1. The van der Waals surface area contributed by atoms with Crippen LogP contribution in [-0.4, -0.2) is 35.2 Å². The summed E-state index contributed by atoms with van der Waals surface area (Å²) in [7, 11) is -1.01. The number of carbonyl (C=O) groups excluding carboxylic acids is 2. The summed E-state index contributed by atoms with van der Waals surface area (Å²) in [6.45, 7) is 4.17. The minimum Gasteiger partial charge on any atom is -0.507 e. The van der Waals surface area contributed by atoms with Crippen molar-refractivity contribution in [1.82, 2.24) is 0 Å². The van der Waals surface area contributed by atoms with Crippen molar-refractivity contribution in [2.75, 3.05) is 10.2 Å². The lowest BCUT2D eigenvalue weighted by atomic mass is 9.58. The van der Waals surface area contributed by atoms with Crippen molar-refractivity contribution in [3.63, 3.8) is 0 Å². The van der Waals surface area contributed by atoms with Gasteiger partial charge in [-0.15, -0.1) is 0 Å². The van der Waals surface area contributed by atoms with Crippen molar-refractivity contribution < 1.29 is 24.4 Å². The third kappa shape index (κ3) is 6.53. The Labute approximate surface area is 273 Å². The molecule has 2 heterocycles. The number of anilines is 3. The maximum Gasteiger partial charge on any atom is 0.455 e. The molecule has 3 aliphatic rings. The molecule has 45 heavy (non-hydrogen) atoms. The van der Waals surface area contributed by atoms with Crippen LogP contribution in [-0.2, 0) is 14.2 Å². The number of benzene rings is 3. The molecule has 2 aliphatic heterocycles. The number of imide groups is 1. The Morgan fingerprint density at radius 3 is 2.49 bits per heavy atom. The molecule has 1 aliphatic carbocycles. The van der Waals surface area contributed by atoms with Crippen LogP contribution in [0, 0.1) is 17.8 Å². The van der Waals surface area contributed by atoms with Gasteiger partial charge in [0.25, 0.3) is 0 Å². The fraction of sp³-hybridized carbons (Fsp3) is 0.333. The van der Waals surface area contributed by atoms with Crippen molar-refractivity contribution in [2.24, 2.45) is 17.8 Å². The Kier molecular flexibility index (Phi) is 9.31. The summed E-state index contributed by atoms with van der Waals surface area (Å²) in [5.41, 5.74) is 6.46. The molecule has 7 nitrogen and oxygen atoms in total. The van der Waals surface area contributed by atoms with Crippen LogP contribution in [0.5, 0.6) is 5.75 Å². The van der Waals surface area contributed by atoms with E-state index in [0.717, 1.165) is 51.8 Å². The average Bonchev–Trinajstić information content (AvgIpc) is 3.27. The summed E-state index contributed by atoms with van der Waals surface area (Å²) in [4.78, 5) is 29.1. The van der Waals surface area contributed by atoms with E-state index in [1.54, 1.807) is 6.07 Å². The first-order valence-corrected chi connectivity index (χ1v) is 16.5. The summed E-state index contributed by atoms with van der Waals surface area (Å²) >= 11 is 3.49. The Morgan fingerprint density at radius 1 is 1.02 bits per heavy atom. The molecule has 6 rings (SSSR count). The molecule has 0 saturated carbocycles. The van der Waals surface area contributed by atoms with Gasteiger partial charge in [0.15, 0.2) is 0 Å². The number of fused-ring (bicyclic) bond motifs is 3. The first-order valence-electron chi connectivity index (χ1n) is 15.7. The lowest BCUT2D eigenvalue weighted by molar-refractivity contribution is -0.122. The molecule has 3 aromatic carbocycles. The van der Waals surface area contributed by atoms with E-state index in [1.807, 2.05) is 79.7 Å². The average molecular weight is 669 g/mol. The lowest BCUT2D eigenvalue weighted by Crippen LogP contribution is -2.46. The van der Waals surface area contributed by atoms with Crippen molar-refractivity contribution in [2.45, 2.75) is 58.4 Å². The first-order chi connectivity index (χ1) is 21.7. The standard InChI is InChI=1S/C36H38BBrN2O5/c1-3-7-23(19-24-20-25(38)11-16-31(24)41)10-17-32-33-22(2)18-29-34(30(33)21-37(44)45-32)36(43)40(35(29)42)28-14-12-27(13-15-28)39-26-8-5-4-6-9-26/h4-6,8-9,11-16,19-20,29-30,32,34,39,41,44H,3,7,10,17-18,21H2,1-2H3/b23-19+/t29-,30+,32-,34-/m1/s1. The van der Waals surface area contributed by atoms with E-state index in [-0.39, 0.29) is 29.6 Å². The van der Waals surface area contributed by atoms with E-state index in [0.29, 0.717) is 24.8 Å². The SMILES string of the molecule is CCC/C(=C\c1cc(Br)ccc1O)CC[C@H]1OB(O)C[C@H]2C1=C(C)C[C@H]1C(=O)N(c3ccc(Nc4ccccc4)cc3)C(=O)[C@H]12. The Hall–Kier alpha value is -3.66. The molecule has 2 saturated heterocycles. The van der Waals surface area contributed by atoms with Gasteiger partial charge in [-0.2, -0.15) is 0 Å². The summed E-state index contributed by atoms with van der Waals surface area (Å²) < 4.78 is 7.02. The van der Waals surface area contributed by atoms with Gasteiger partial charge >= 0.3 is 7.12 Å². The Morgan fingerprint density at radius 2 is 1.76 bits per heavy atom. The predicted octanol–water partition coefficient (Wildman–Crippen LogP) is 7.88. The molecule has 9 heteroatoms. The van der Waals surface area contributed by atoms with Crippen molar-refractivity contribution in [3.8, 4) is 5.75 Å². The zero-order valence-electron chi connectivity index (χ0n) is 25.6. The van der Waals surface area contributed by atoms with Crippen LogP contribution in [0.1, 0.15) is 51.5 Å². The number of hydrogen-bond acceptors (Lipinski definition) is 6. The number of nitrogens with one attached hydrogen (secondary N) is 1. The van der Waals surface area contributed by atoms with Crippen LogP contribution >= 0.6 is 15.9 Å². The third-order valence-corrected chi connectivity index (χ3v) is 9.78. The molecule has 2 fully saturated rings. The van der Waals surface area contributed by atoms with Crippen molar-refractivity contribution in [1.29, 1.82) is 0 Å². The molecule has 0 spiro atoms. The monoisotopic (exact) mass is 668 g/mol. The van der Waals surface area contributed by atoms with E-state index in [9.17, 15) is 19.7 Å². The highest BCUT2D eigenvalue weighted by atomic mass is 79.9. The van der Waals surface area contributed by atoms with E-state index < -0.39 is 19.0 Å². The Balaban J connectivity index is 1.21. The number of amides is 2.